The van der Waals surface area contributed by atoms with E-state index in [9.17, 15) is 4.79 Å². The second-order valence-electron chi connectivity index (χ2n) is 4.90. The maximum atomic E-state index is 11.9. The van der Waals surface area contributed by atoms with Crippen LogP contribution in [0.1, 0.15) is 0 Å². The number of nitrogens with one attached hydrogen (secondary N) is 2. The van der Waals surface area contributed by atoms with Crippen molar-refractivity contribution in [2.45, 2.75) is 0 Å². The molecule has 0 aromatic heterocycles. The first-order valence-corrected chi connectivity index (χ1v) is 7.64. The number of para-hydroxylation sites is 4. The molecule has 0 aliphatic rings. The average molecular weight is 330 g/mol. The van der Waals surface area contributed by atoms with Gasteiger partial charge in [0.15, 0.2) is 11.5 Å². The van der Waals surface area contributed by atoms with Gasteiger partial charge in [-0.3, -0.25) is 4.79 Å². The van der Waals surface area contributed by atoms with Crippen LogP contribution in [0, 0.1) is 0 Å². The highest BCUT2D eigenvalue weighted by molar-refractivity contribution is 5.81. The molecule has 24 heavy (non-hydrogen) atoms. The molecule has 128 valence electrons. The van der Waals surface area contributed by atoms with Crippen LogP contribution in [0.3, 0.4) is 0 Å². The lowest BCUT2D eigenvalue weighted by Crippen LogP contribution is -2.33. The van der Waals surface area contributed by atoms with Crippen molar-refractivity contribution in [3.8, 4) is 17.2 Å². The number of rotatable bonds is 9. The van der Waals surface area contributed by atoms with E-state index in [1.807, 2.05) is 48.5 Å². The van der Waals surface area contributed by atoms with Crippen LogP contribution in [0.15, 0.2) is 48.5 Å². The summed E-state index contributed by atoms with van der Waals surface area (Å²) in [6.07, 6.45) is 0. The highest BCUT2D eigenvalue weighted by Crippen LogP contribution is 2.25. The Kier molecular flexibility index (Phi) is 6.76. The van der Waals surface area contributed by atoms with Crippen molar-refractivity contribution in [1.82, 2.24) is 5.32 Å². The Hall–Kier alpha value is -2.89. The fourth-order valence-electron chi connectivity index (χ4n) is 2.12. The molecular formula is C18H22N2O4. The zero-order chi connectivity index (χ0) is 17.2. The molecule has 6 nitrogen and oxygen atoms in total. The van der Waals surface area contributed by atoms with E-state index in [2.05, 4.69) is 10.6 Å². The number of hydrogen-bond acceptors (Lipinski definition) is 5. The molecule has 2 aromatic carbocycles. The minimum atomic E-state index is -0.121. The molecule has 0 fully saturated rings. The van der Waals surface area contributed by atoms with Gasteiger partial charge in [-0.05, 0) is 24.3 Å². The van der Waals surface area contributed by atoms with Gasteiger partial charge < -0.3 is 24.8 Å². The molecule has 0 aliphatic carbocycles. The number of methoxy groups -OCH3 is 2. The maximum absolute atomic E-state index is 11.9. The van der Waals surface area contributed by atoms with Crippen molar-refractivity contribution >= 4 is 11.6 Å². The molecule has 2 rings (SSSR count). The van der Waals surface area contributed by atoms with E-state index in [1.54, 1.807) is 14.2 Å². The number of carbonyl (C=O) groups is 1. The Balaban J connectivity index is 1.70. The van der Waals surface area contributed by atoms with Gasteiger partial charge >= 0.3 is 0 Å². The predicted octanol–water partition coefficient (Wildman–Crippen LogP) is 2.31. The van der Waals surface area contributed by atoms with Crippen molar-refractivity contribution in [2.24, 2.45) is 0 Å². The summed E-state index contributed by atoms with van der Waals surface area (Å²) in [7, 11) is 3.18. The summed E-state index contributed by atoms with van der Waals surface area (Å²) in [5.74, 6) is 1.90. The lowest BCUT2D eigenvalue weighted by molar-refractivity contribution is -0.119. The van der Waals surface area contributed by atoms with E-state index < -0.39 is 0 Å². The van der Waals surface area contributed by atoms with Gasteiger partial charge in [0.2, 0.25) is 5.91 Å². The van der Waals surface area contributed by atoms with Crippen LogP contribution >= 0.6 is 0 Å². The Labute approximate surface area is 141 Å². The first-order valence-electron chi connectivity index (χ1n) is 7.64. The van der Waals surface area contributed by atoms with E-state index in [1.165, 1.54) is 0 Å². The summed E-state index contributed by atoms with van der Waals surface area (Å²) in [6.45, 7) is 0.931. The molecule has 0 saturated carbocycles. The number of benzene rings is 2. The summed E-state index contributed by atoms with van der Waals surface area (Å²) in [5, 5.41) is 5.83. The van der Waals surface area contributed by atoms with Crippen LogP contribution in [0.4, 0.5) is 5.69 Å². The van der Waals surface area contributed by atoms with Gasteiger partial charge in [-0.25, -0.2) is 0 Å². The average Bonchev–Trinajstić information content (AvgIpc) is 2.64. The van der Waals surface area contributed by atoms with Gasteiger partial charge in [-0.2, -0.15) is 0 Å². The van der Waals surface area contributed by atoms with E-state index in [4.69, 9.17) is 14.2 Å². The predicted molar refractivity (Wildman–Crippen MR) is 93.0 cm³/mol. The SMILES string of the molecule is COc1ccccc1NCC(=O)NCCOc1ccccc1OC. The molecule has 0 saturated heterocycles. The second kappa shape index (κ2) is 9.29. The summed E-state index contributed by atoms with van der Waals surface area (Å²) in [6, 6.07) is 14.8. The Bertz CT molecular complexity index is 661. The largest absolute Gasteiger partial charge is 0.495 e. The topological polar surface area (TPSA) is 68.8 Å². The molecule has 0 unspecified atom stereocenters. The van der Waals surface area contributed by atoms with E-state index in [-0.39, 0.29) is 12.5 Å². The maximum Gasteiger partial charge on any atom is 0.239 e. The van der Waals surface area contributed by atoms with E-state index >= 15 is 0 Å². The summed E-state index contributed by atoms with van der Waals surface area (Å²) in [4.78, 5) is 11.9. The van der Waals surface area contributed by atoms with Crippen molar-refractivity contribution in [2.75, 3.05) is 39.2 Å². The third-order valence-corrected chi connectivity index (χ3v) is 3.30. The van der Waals surface area contributed by atoms with E-state index in [0.717, 1.165) is 5.69 Å². The normalized spacial score (nSPS) is 9.92. The molecule has 0 radical (unpaired) electrons. The molecule has 2 N–H and O–H groups in total. The van der Waals surface area contributed by atoms with Gasteiger partial charge in [-0.15, -0.1) is 0 Å². The molecule has 1 amide bonds. The van der Waals surface area contributed by atoms with Crippen molar-refractivity contribution < 1.29 is 19.0 Å². The fraction of sp³-hybridized carbons (Fsp3) is 0.278. The standard InChI is InChI=1S/C18H22N2O4/c1-22-15-8-4-3-7-14(15)20-13-18(21)19-11-12-24-17-10-6-5-9-16(17)23-2/h3-10,20H,11-13H2,1-2H3,(H,19,21). The van der Waals surface area contributed by atoms with Crippen molar-refractivity contribution in [3.63, 3.8) is 0 Å². The number of amides is 1. The minimum Gasteiger partial charge on any atom is -0.495 e. The van der Waals surface area contributed by atoms with E-state index in [0.29, 0.717) is 30.4 Å². The van der Waals surface area contributed by atoms with Gasteiger partial charge in [0.25, 0.3) is 0 Å². The molecule has 0 heterocycles. The Morgan fingerprint density at radius 2 is 1.54 bits per heavy atom. The van der Waals surface area contributed by atoms with Crippen LogP contribution in [-0.2, 0) is 4.79 Å². The highest BCUT2D eigenvalue weighted by atomic mass is 16.5. The molecule has 2 aromatic rings. The fourth-order valence-corrected chi connectivity index (χ4v) is 2.12. The molecule has 0 bridgehead atoms. The highest BCUT2D eigenvalue weighted by Gasteiger charge is 2.05. The molecule has 0 atom stereocenters. The first kappa shape index (κ1) is 17.5. The summed E-state index contributed by atoms with van der Waals surface area (Å²) in [5.41, 5.74) is 0.778. The Morgan fingerprint density at radius 3 is 2.25 bits per heavy atom. The summed E-state index contributed by atoms with van der Waals surface area (Å²) < 4.78 is 16.0. The number of carbonyl (C=O) groups excluding carboxylic acids is 1. The van der Waals surface area contributed by atoms with Gasteiger partial charge in [-0.1, -0.05) is 24.3 Å². The number of hydrogen-bond donors (Lipinski definition) is 2. The zero-order valence-electron chi connectivity index (χ0n) is 13.9. The van der Waals surface area contributed by atoms with Crippen LogP contribution in [0.25, 0.3) is 0 Å². The van der Waals surface area contributed by atoms with Gasteiger partial charge in [0.05, 0.1) is 33.0 Å². The number of ether oxygens (including phenoxy) is 3. The quantitative estimate of drug-likeness (QED) is 0.691. The first-order chi connectivity index (χ1) is 11.7. The zero-order valence-corrected chi connectivity index (χ0v) is 13.9. The lowest BCUT2D eigenvalue weighted by Gasteiger charge is -2.12. The Morgan fingerprint density at radius 1 is 0.917 bits per heavy atom. The third kappa shape index (κ3) is 5.08. The molecule has 0 aliphatic heterocycles. The third-order valence-electron chi connectivity index (χ3n) is 3.30. The van der Waals surface area contributed by atoms with Crippen molar-refractivity contribution in [3.05, 3.63) is 48.5 Å². The number of anilines is 1. The molecular weight excluding hydrogens is 308 g/mol. The van der Waals surface area contributed by atoms with Crippen LogP contribution in [-0.4, -0.2) is 39.8 Å². The monoisotopic (exact) mass is 330 g/mol. The van der Waals surface area contributed by atoms with Crippen LogP contribution in [0.2, 0.25) is 0 Å². The summed E-state index contributed by atoms with van der Waals surface area (Å²) >= 11 is 0. The molecule has 6 heteroatoms. The van der Waals surface area contributed by atoms with Crippen LogP contribution < -0.4 is 24.8 Å². The second-order valence-corrected chi connectivity index (χ2v) is 4.90. The minimum absolute atomic E-state index is 0.121. The van der Waals surface area contributed by atoms with Crippen LogP contribution in [0.5, 0.6) is 17.2 Å². The lowest BCUT2D eigenvalue weighted by atomic mass is 10.3. The van der Waals surface area contributed by atoms with Crippen molar-refractivity contribution in [1.29, 1.82) is 0 Å². The molecule has 0 spiro atoms. The van der Waals surface area contributed by atoms with Gasteiger partial charge in [0.1, 0.15) is 12.4 Å². The van der Waals surface area contributed by atoms with Gasteiger partial charge in [0, 0.05) is 0 Å². The smallest absolute Gasteiger partial charge is 0.239 e.